The Balaban J connectivity index is 3.32. The average Bonchev–Trinajstić information content (AvgIpc) is 2.36. The van der Waals surface area contributed by atoms with E-state index in [1.165, 1.54) is 18.4 Å². The number of hydrogen-bond acceptors (Lipinski definition) is 2. The van der Waals surface area contributed by atoms with Crippen LogP contribution in [0.15, 0.2) is 29.2 Å². The Hall–Kier alpha value is -0.580. The first-order valence-corrected chi connectivity index (χ1v) is 7.85. The second kappa shape index (κ2) is 6.04. The fourth-order valence-electron chi connectivity index (χ4n) is 1.84. The Kier molecular flexibility index (Phi) is 5.20. The number of hydrogen-bond donors (Lipinski definition) is 0. The average molecular weight is 290 g/mol. The second-order valence-corrected chi connectivity index (χ2v) is 7.22. The van der Waals surface area contributed by atoms with Gasteiger partial charge in [0, 0.05) is 19.5 Å². The lowest BCUT2D eigenvalue weighted by Crippen LogP contribution is -2.24. The van der Waals surface area contributed by atoms with Crippen LogP contribution in [0.3, 0.4) is 0 Å². The zero-order valence-corrected chi connectivity index (χ0v) is 12.8. The molecule has 0 N–H and O–H groups in total. The minimum Gasteiger partial charge on any atom is -0.207 e. The van der Waals surface area contributed by atoms with Gasteiger partial charge in [0.05, 0.1) is 4.90 Å². The summed E-state index contributed by atoms with van der Waals surface area (Å²) in [4.78, 5) is 0.349. The molecular weight excluding hydrogens is 270 g/mol. The van der Waals surface area contributed by atoms with Gasteiger partial charge in [-0.25, -0.2) is 12.7 Å². The van der Waals surface area contributed by atoms with Crippen molar-refractivity contribution >= 4 is 21.6 Å². The highest BCUT2D eigenvalue weighted by atomic mass is 35.5. The van der Waals surface area contributed by atoms with E-state index in [0.717, 1.165) is 12.0 Å². The molecule has 0 saturated carbocycles. The van der Waals surface area contributed by atoms with Crippen LogP contribution in [0.25, 0.3) is 0 Å². The van der Waals surface area contributed by atoms with Gasteiger partial charge in [0.1, 0.15) is 0 Å². The molecule has 3 nitrogen and oxygen atoms in total. The van der Waals surface area contributed by atoms with Crippen LogP contribution in [-0.4, -0.2) is 32.2 Å². The van der Waals surface area contributed by atoms with Crippen molar-refractivity contribution in [2.45, 2.75) is 36.5 Å². The smallest absolute Gasteiger partial charge is 0.207 e. The van der Waals surface area contributed by atoms with Crippen LogP contribution >= 0.6 is 11.6 Å². The zero-order chi connectivity index (χ0) is 13.9. The van der Waals surface area contributed by atoms with Crippen molar-refractivity contribution in [1.82, 2.24) is 4.31 Å². The summed E-state index contributed by atoms with van der Waals surface area (Å²) in [6.45, 7) is 3.96. The molecule has 2 atom stereocenters. The Labute approximate surface area is 115 Å². The monoisotopic (exact) mass is 289 g/mol. The molecule has 0 bridgehead atoms. The topological polar surface area (TPSA) is 37.4 Å². The van der Waals surface area contributed by atoms with Crippen molar-refractivity contribution in [3.63, 3.8) is 0 Å². The third-order valence-electron chi connectivity index (χ3n) is 3.10. The molecule has 0 heterocycles. The summed E-state index contributed by atoms with van der Waals surface area (Å²) in [6.07, 6.45) is 0.805. The molecule has 1 aromatic rings. The number of nitrogens with zero attached hydrogens (tertiary/aromatic N) is 1. The molecule has 1 aromatic carbocycles. The SMILES string of the molecule is CCC(Cl)C(C)c1ccccc1S(=O)(=O)N(C)C. The molecule has 0 amide bonds. The molecule has 1 rings (SSSR count). The van der Waals surface area contributed by atoms with E-state index >= 15 is 0 Å². The van der Waals surface area contributed by atoms with Gasteiger partial charge >= 0.3 is 0 Å². The first kappa shape index (κ1) is 15.5. The van der Waals surface area contributed by atoms with E-state index in [9.17, 15) is 8.42 Å². The van der Waals surface area contributed by atoms with Gasteiger partial charge in [-0.2, -0.15) is 0 Å². The lowest BCUT2D eigenvalue weighted by Gasteiger charge is -2.21. The van der Waals surface area contributed by atoms with E-state index in [-0.39, 0.29) is 11.3 Å². The third-order valence-corrected chi connectivity index (χ3v) is 5.68. The Bertz CT molecular complexity index is 499. The molecule has 0 aliphatic rings. The highest BCUT2D eigenvalue weighted by Gasteiger charge is 2.25. The van der Waals surface area contributed by atoms with Gasteiger partial charge in [-0.1, -0.05) is 32.0 Å². The van der Waals surface area contributed by atoms with Gasteiger partial charge < -0.3 is 0 Å². The molecule has 0 saturated heterocycles. The van der Waals surface area contributed by atoms with Crippen LogP contribution in [0.4, 0.5) is 0 Å². The number of alkyl halides is 1. The molecule has 18 heavy (non-hydrogen) atoms. The minimum atomic E-state index is -3.42. The Morgan fingerprint density at radius 3 is 2.33 bits per heavy atom. The van der Waals surface area contributed by atoms with Crippen molar-refractivity contribution in [1.29, 1.82) is 0 Å². The first-order chi connectivity index (χ1) is 8.32. The van der Waals surface area contributed by atoms with E-state index in [4.69, 9.17) is 11.6 Å². The maximum atomic E-state index is 12.3. The predicted molar refractivity (Wildman–Crippen MR) is 75.7 cm³/mol. The fourth-order valence-corrected chi connectivity index (χ4v) is 3.17. The maximum Gasteiger partial charge on any atom is 0.242 e. The van der Waals surface area contributed by atoms with Gasteiger partial charge in [0.2, 0.25) is 10.0 Å². The number of benzene rings is 1. The van der Waals surface area contributed by atoms with E-state index in [2.05, 4.69) is 0 Å². The van der Waals surface area contributed by atoms with Crippen LogP contribution in [0.1, 0.15) is 31.7 Å². The van der Waals surface area contributed by atoms with Crippen LogP contribution in [-0.2, 0) is 10.0 Å². The molecule has 0 radical (unpaired) electrons. The Morgan fingerprint density at radius 2 is 1.83 bits per heavy atom. The zero-order valence-electron chi connectivity index (χ0n) is 11.2. The van der Waals surface area contributed by atoms with Gasteiger partial charge in [-0.05, 0) is 24.0 Å². The summed E-state index contributed by atoms with van der Waals surface area (Å²) in [7, 11) is -0.347. The highest BCUT2D eigenvalue weighted by Crippen LogP contribution is 2.31. The molecule has 102 valence electrons. The number of halogens is 1. The van der Waals surface area contributed by atoms with Crippen LogP contribution < -0.4 is 0 Å². The molecule has 0 aliphatic carbocycles. The van der Waals surface area contributed by atoms with Crippen molar-refractivity contribution < 1.29 is 8.42 Å². The van der Waals surface area contributed by atoms with Crippen LogP contribution in [0, 0.1) is 0 Å². The minimum absolute atomic E-state index is 0.00240. The second-order valence-electron chi connectivity index (χ2n) is 4.54. The molecule has 0 aliphatic heterocycles. The van der Waals surface area contributed by atoms with Crippen molar-refractivity contribution in [2.75, 3.05) is 14.1 Å². The molecule has 2 unspecified atom stereocenters. The summed E-state index contributed by atoms with van der Waals surface area (Å²) in [6, 6.07) is 7.06. The molecular formula is C13H20ClNO2S. The summed E-state index contributed by atoms with van der Waals surface area (Å²) >= 11 is 6.24. The van der Waals surface area contributed by atoms with Gasteiger partial charge in [0.15, 0.2) is 0 Å². The quantitative estimate of drug-likeness (QED) is 0.781. The van der Waals surface area contributed by atoms with E-state index in [1.54, 1.807) is 12.1 Å². The summed E-state index contributed by atoms with van der Waals surface area (Å²) < 4.78 is 25.7. The van der Waals surface area contributed by atoms with Gasteiger partial charge in [-0.15, -0.1) is 11.6 Å². The van der Waals surface area contributed by atoms with E-state index < -0.39 is 10.0 Å². The maximum absolute atomic E-state index is 12.3. The molecule has 0 fully saturated rings. The lowest BCUT2D eigenvalue weighted by molar-refractivity contribution is 0.517. The lowest BCUT2D eigenvalue weighted by atomic mass is 9.96. The van der Waals surface area contributed by atoms with E-state index in [1.807, 2.05) is 26.0 Å². The van der Waals surface area contributed by atoms with Crippen LogP contribution in [0.2, 0.25) is 0 Å². The molecule has 0 spiro atoms. The molecule has 5 heteroatoms. The summed E-state index contributed by atoms with van der Waals surface area (Å²) in [5.74, 6) is 0.00240. The highest BCUT2D eigenvalue weighted by molar-refractivity contribution is 7.89. The summed E-state index contributed by atoms with van der Waals surface area (Å²) in [5, 5.41) is -0.0662. The van der Waals surface area contributed by atoms with Crippen LogP contribution in [0.5, 0.6) is 0 Å². The molecule has 0 aromatic heterocycles. The van der Waals surface area contributed by atoms with Crippen molar-refractivity contribution in [3.05, 3.63) is 29.8 Å². The third kappa shape index (κ3) is 3.05. The Morgan fingerprint density at radius 1 is 1.28 bits per heavy atom. The van der Waals surface area contributed by atoms with Crippen molar-refractivity contribution in [3.8, 4) is 0 Å². The van der Waals surface area contributed by atoms with Gasteiger partial charge in [0.25, 0.3) is 0 Å². The number of rotatable bonds is 5. The number of sulfonamides is 1. The fraction of sp³-hybridized carbons (Fsp3) is 0.538. The largest absolute Gasteiger partial charge is 0.242 e. The standard InChI is InChI=1S/C13H20ClNO2S/c1-5-12(14)10(2)11-8-6-7-9-13(11)18(16,17)15(3)4/h6-10,12H,5H2,1-4H3. The predicted octanol–water partition coefficient (Wildman–Crippen LogP) is 3.06. The first-order valence-electron chi connectivity index (χ1n) is 5.97. The summed E-state index contributed by atoms with van der Waals surface area (Å²) in [5.41, 5.74) is 0.785. The van der Waals surface area contributed by atoms with E-state index in [0.29, 0.717) is 4.90 Å². The normalized spacial score (nSPS) is 15.7. The van der Waals surface area contributed by atoms with Gasteiger partial charge in [-0.3, -0.25) is 0 Å². The van der Waals surface area contributed by atoms with Crippen molar-refractivity contribution in [2.24, 2.45) is 0 Å².